The van der Waals surface area contributed by atoms with Crippen molar-refractivity contribution in [3.05, 3.63) is 0 Å². The van der Waals surface area contributed by atoms with Crippen LogP contribution < -0.4 is 5.32 Å². The van der Waals surface area contributed by atoms with Crippen molar-refractivity contribution in [2.24, 2.45) is 5.92 Å². The maximum atomic E-state index is 5.31. The van der Waals surface area contributed by atoms with Crippen molar-refractivity contribution < 1.29 is 4.74 Å². The molecular formula is C7H13NO. The molecule has 52 valence electrons. The van der Waals surface area contributed by atoms with E-state index in [1.54, 1.807) is 0 Å². The molecule has 2 nitrogen and oxygen atoms in total. The molecule has 0 aromatic heterocycles. The first-order valence-electron chi connectivity index (χ1n) is 3.66. The molecule has 1 aliphatic heterocycles. The van der Waals surface area contributed by atoms with Crippen LogP contribution in [-0.2, 0) is 4.74 Å². The van der Waals surface area contributed by atoms with E-state index < -0.39 is 0 Å². The van der Waals surface area contributed by atoms with E-state index in [4.69, 9.17) is 4.74 Å². The quantitative estimate of drug-likeness (QED) is 0.550. The van der Waals surface area contributed by atoms with Gasteiger partial charge in [0.1, 0.15) is 0 Å². The van der Waals surface area contributed by atoms with Crippen LogP contribution in [-0.4, -0.2) is 25.8 Å². The molecule has 1 heterocycles. The Morgan fingerprint density at radius 1 is 1.44 bits per heavy atom. The molecule has 1 aliphatic carbocycles. The summed E-state index contributed by atoms with van der Waals surface area (Å²) in [5.74, 6) is 0.819. The van der Waals surface area contributed by atoms with Crippen LogP contribution in [0.5, 0.6) is 0 Å². The molecule has 0 aromatic carbocycles. The van der Waals surface area contributed by atoms with Gasteiger partial charge in [0.25, 0.3) is 0 Å². The van der Waals surface area contributed by atoms with Crippen LogP contribution in [0.1, 0.15) is 12.8 Å². The van der Waals surface area contributed by atoms with Gasteiger partial charge in [0.15, 0.2) is 0 Å². The predicted molar refractivity (Wildman–Crippen MR) is 35.3 cm³/mol. The Labute approximate surface area is 55.6 Å². The van der Waals surface area contributed by atoms with E-state index >= 15 is 0 Å². The van der Waals surface area contributed by atoms with Crippen LogP contribution in [0.25, 0.3) is 0 Å². The average Bonchev–Trinajstić information content (AvgIpc) is 2.45. The van der Waals surface area contributed by atoms with Gasteiger partial charge in [-0.25, -0.2) is 0 Å². The van der Waals surface area contributed by atoms with E-state index in [9.17, 15) is 0 Å². The van der Waals surface area contributed by atoms with Gasteiger partial charge in [-0.15, -0.1) is 0 Å². The van der Waals surface area contributed by atoms with Crippen molar-refractivity contribution in [1.82, 2.24) is 5.32 Å². The summed E-state index contributed by atoms with van der Waals surface area (Å²) in [5.41, 5.74) is 0. The fraction of sp³-hybridized carbons (Fsp3) is 1.00. The number of nitrogens with one attached hydrogen (secondary N) is 1. The Hall–Kier alpha value is -0.0800. The lowest BCUT2D eigenvalue weighted by molar-refractivity contribution is 0.0627. The van der Waals surface area contributed by atoms with Crippen molar-refractivity contribution in [2.75, 3.05) is 13.7 Å². The number of ether oxygens (including phenoxy) is 1. The Bertz CT molecular complexity index is 115. The monoisotopic (exact) mass is 127 g/mol. The largest absolute Gasteiger partial charge is 0.381 e. The third kappa shape index (κ3) is 0.775. The number of hydrogen-bond donors (Lipinski definition) is 1. The zero-order chi connectivity index (χ0) is 6.27. The van der Waals surface area contributed by atoms with E-state index in [-0.39, 0.29) is 0 Å². The van der Waals surface area contributed by atoms with Crippen molar-refractivity contribution in [2.45, 2.75) is 25.0 Å². The van der Waals surface area contributed by atoms with Gasteiger partial charge in [-0.1, -0.05) is 0 Å². The SMILES string of the molecule is CO[C@H]1C[C@H]2C[C@@H]1CN2. The fourth-order valence-corrected chi connectivity index (χ4v) is 2.07. The van der Waals surface area contributed by atoms with Crippen LogP contribution >= 0.6 is 0 Å². The second-order valence-electron chi connectivity index (χ2n) is 3.11. The van der Waals surface area contributed by atoms with Gasteiger partial charge in [-0.3, -0.25) is 0 Å². The Kier molecular flexibility index (Phi) is 1.24. The standard InChI is InChI=1S/C7H13NO/c1-9-7-3-6-2-5(7)4-8-6/h5-8H,2-4H2,1H3/t5-,6-,7+/m1/s1. The highest BCUT2D eigenvalue weighted by Crippen LogP contribution is 2.32. The molecule has 1 saturated heterocycles. The second-order valence-corrected chi connectivity index (χ2v) is 3.11. The molecule has 0 radical (unpaired) electrons. The van der Waals surface area contributed by atoms with Crippen molar-refractivity contribution in [1.29, 1.82) is 0 Å². The minimum atomic E-state index is 0.566. The van der Waals surface area contributed by atoms with E-state index in [0.29, 0.717) is 6.10 Å². The van der Waals surface area contributed by atoms with Crippen LogP contribution in [0.15, 0.2) is 0 Å². The number of hydrogen-bond acceptors (Lipinski definition) is 2. The minimum Gasteiger partial charge on any atom is -0.381 e. The van der Waals surface area contributed by atoms with Crippen molar-refractivity contribution in [3.8, 4) is 0 Å². The fourth-order valence-electron chi connectivity index (χ4n) is 2.07. The molecule has 1 N–H and O–H groups in total. The van der Waals surface area contributed by atoms with Gasteiger partial charge in [0.2, 0.25) is 0 Å². The smallest absolute Gasteiger partial charge is 0.0627 e. The maximum Gasteiger partial charge on any atom is 0.0627 e. The van der Waals surface area contributed by atoms with Crippen LogP contribution in [0.4, 0.5) is 0 Å². The zero-order valence-corrected chi connectivity index (χ0v) is 5.76. The molecule has 0 aromatic rings. The summed E-state index contributed by atoms with van der Waals surface area (Å²) >= 11 is 0. The third-order valence-electron chi connectivity index (χ3n) is 2.60. The highest BCUT2D eigenvalue weighted by atomic mass is 16.5. The molecule has 0 unspecified atom stereocenters. The van der Waals surface area contributed by atoms with Gasteiger partial charge in [-0.2, -0.15) is 0 Å². The first-order chi connectivity index (χ1) is 4.40. The number of piperidine rings is 1. The maximum absolute atomic E-state index is 5.31. The predicted octanol–water partition coefficient (Wildman–Crippen LogP) is 0.383. The van der Waals surface area contributed by atoms with E-state index in [1.165, 1.54) is 19.4 Å². The van der Waals surface area contributed by atoms with Gasteiger partial charge in [0.05, 0.1) is 6.10 Å². The summed E-state index contributed by atoms with van der Waals surface area (Å²) < 4.78 is 5.31. The second kappa shape index (κ2) is 1.96. The molecule has 2 aliphatic rings. The summed E-state index contributed by atoms with van der Waals surface area (Å²) in [6.07, 6.45) is 3.15. The van der Waals surface area contributed by atoms with E-state index in [2.05, 4.69) is 5.32 Å². The number of rotatable bonds is 1. The van der Waals surface area contributed by atoms with Crippen LogP contribution in [0.3, 0.4) is 0 Å². The van der Waals surface area contributed by atoms with Gasteiger partial charge < -0.3 is 10.1 Å². The molecule has 2 bridgehead atoms. The molecule has 0 spiro atoms. The normalized spacial score (nSPS) is 48.3. The van der Waals surface area contributed by atoms with E-state index in [0.717, 1.165) is 12.0 Å². The molecule has 2 rings (SSSR count). The Morgan fingerprint density at radius 2 is 2.33 bits per heavy atom. The molecule has 2 fully saturated rings. The number of fused-ring (bicyclic) bond motifs is 2. The zero-order valence-electron chi connectivity index (χ0n) is 5.76. The molecule has 0 amide bonds. The Balaban J connectivity index is 2.01. The summed E-state index contributed by atoms with van der Waals surface area (Å²) in [6.45, 7) is 1.18. The van der Waals surface area contributed by atoms with Gasteiger partial charge >= 0.3 is 0 Å². The first kappa shape index (κ1) is 5.69. The first-order valence-corrected chi connectivity index (χ1v) is 3.66. The number of methoxy groups -OCH3 is 1. The van der Waals surface area contributed by atoms with Crippen molar-refractivity contribution in [3.63, 3.8) is 0 Å². The molecular weight excluding hydrogens is 114 g/mol. The van der Waals surface area contributed by atoms with Crippen LogP contribution in [0.2, 0.25) is 0 Å². The Morgan fingerprint density at radius 3 is 2.67 bits per heavy atom. The average molecular weight is 127 g/mol. The lowest BCUT2D eigenvalue weighted by atomic mass is 10.1. The molecule has 2 heteroatoms. The topological polar surface area (TPSA) is 21.3 Å². The molecule has 9 heavy (non-hydrogen) atoms. The van der Waals surface area contributed by atoms with Crippen LogP contribution in [0, 0.1) is 5.92 Å². The summed E-state index contributed by atoms with van der Waals surface area (Å²) in [6, 6.07) is 0.778. The van der Waals surface area contributed by atoms with E-state index in [1.807, 2.05) is 7.11 Å². The summed E-state index contributed by atoms with van der Waals surface area (Å²) in [7, 11) is 1.82. The third-order valence-corrected chi connectivity index (χ3v) is 2.60. The summed E-state index contributed by atoms with van der Waals surface area (Å²) in [5, 5.41) is 3.44. The van der Waals surface area contributed by atoms with Gasteiger partial charge in [-0.05, 0) is 18.8 Å². The lowest BCUT2D eigenvalue weighted by Crippen LogP contribution is -2.33. The highest BCUT2D eigenvalue weighted by Gasteiger charge is 2.39. The van der Waals surface area contributed by atoms with Gasteiger partial charge in [0, 0.05) is 19.7 Å². The lowest BCUT2D eigenvalue weighted by Gasteiger charge is -2.20. The highest BCUT2D eigenvalue weighted by molar-refractivity contribution is 4.95. The van der Waals surface area contributed by atoms with Crippen molar-refractivity contribution >= 4 is 0 Å². The molecule has 1 saturated carbocycles. The minimum absolute atomic E-state index is 0.566. The summed E-state index contributed by atoms with van der Waals surface area (Å²) in [4.78, 5) is 0. The molecule has 3 atom stereocenters.